The van der Waals surface area contributed by atoms with Gasteiger partial charge in [0.1, 0.15) is 17.7 Å². The molecule has 0 radical (unpaired) electrons. The lowest BCUT2D eigenvalue weighted by Crippen LogP contribution is -2.40. The van der Waals surface area contributed by atoms with Gasteiger partial charge in [-0.1, -0.05) is 47.2 Å². The summed E-state index contributed by atoms with van der Waals surface area (Å²) in [4.78, 5) is 30.8. The normalized spacial score (nSPS) is 16.0. The van der Waals surface area contributed by atoms with E-state index >= 15 is 0 Å². The quantitative estimate of drug-likeness (QED) is 0.541. The summed E-state index contributed by atoms with van der Waals surface area (Å²) in [5.41, 5.74) is 0.0218. The number of fused-ring (bicyclic) bond motifs is 1. The summed E-state index contributed by atoms with van der Waals surface area (Å²) in [6.45, 7) is 3.36. The van der Waals surface area contributed by atoms with Crippen LogP contribution >= 0.6 is 22.9 Å². The fourth-order valence-electron chi connectivity index (χ4n) is 3.56. The van der Waals surface area contributed by atoms with Gasteiger partial charge in [0, 0.05) is 11.1 Å². The van der Waals surface area contributed by atoms with Gasteiger partial charge < -0.3 is 4.74 Å². The third-order valence-corrected chi connectivity index (χ3v) is 6.30. The van der Waals surface area contributed by atoms with Crippen LogP contribution < -0.4 is 14.9 Å². The molecule has 4 rings (SSSR count). The predicted molar refractivity (Wildman–Crippen MR) is 118 cm³/mol. The van der Waals surface area contributed by atoms with E-state index in [-0.39, 0.29) is 37.7 Å². The maximum Gasteiger partial charge on any atom is 0.338 e. The van der Waals surface area contributed by atoms with Gasteiger partial charge in [-0.15, -0.1) is 0 Å². The Morgan fingerprint density at radius 2 is 1.94 bits per heavy atom. The first-order valence-corrected chi connectivity index (χ1v) is 10.9. The van der Waals surface area contributed by atoms with Crippen molar-refractivity contribution < 1.29 is 18.3 Å². The number of hydrogen-bond acceptors (Lipinski definition) is 5. The van der Waals surface area contributed by atoms with Crippen molar-refractivity contribution in [3.8, 4) is 0 Å². The number of benzene rings is 2. The largest absolute Gasteiger partial charge is 0.463 e. The van der Waals surface area contributed by atoms with E-state index in [2.05, 4.69) is 4.99 Å². The van der Waals surface area contributed by atoms with E-state index in [4.69, 9.17) is 16.3 Å². The van der Waals surface area contributed by atoms with E-state index in [1.54, 1.807) is 19.9 Å². The Hall–Kier alpha value is -3.10. The monoisotopic (exact) mass is 474 g/mol. The smallest absolute Gasteiger partial charge is 0.338 e. The molecule has 3 aromatic rings. The number of hydrogen-bond donors (Lipinski definition) is 0. The highest BCUT2D eigenvalue weighted by Crippen LogP contribution is 2.32. The summed E-state index contributed by atoms with van der Waals surface area (Å²) >= 11 is 7.11. The predicted octanol–water partition coefficient (Wildman–Crippen LogP) is 3.73. The summed E-state index contributed by atoms with van der Waals surface area (Å²) in [5.74, 6) is -1.86. The van der Waals surface area contributed by atoms with Crippen molar-refractivity contribution in [3.63, 3.8) is 0 Å². The van der Waals surface area contributed by atoms with Crippen molar-refractivity contribution >= 4 is 35.0 Å². The first kappa shape index (κ1) is 22.1. The number of carbonyl (C=O) groups excluding carboxylic acids is 1. The Bertz CT molecular complexity index is 1420. The van der Waals surface area contributed by atoms with Crippen molar-refractivity contribution in [2.45, 2.75) is 19.9 Å². The van der Waals surface area contributed by atoms with Crippen LogP contribution in [0.15, 0.2) is 63.5 Å². The van der Waals surface area contributed by atoms with Crippen molar-refractivity contribution in [1.82, 2.24) is 4.57 Å². The van der Waals surface area contributed by atoms with Gasteiger partial charge in [0.05, 0.1) is 27.4 Å². The topological polar surface area (TPSA) is 60.7 Å². The molecule has 0 aliphatic carbocycles. The summed E-state index contributed by atoms with van der Waals surface area (Å²) < 4.78 is 35.7. The number of esters is 1. The van der Waals surface area contributed by atoms with Crippen LogP contribution in [0.2, 0.25) is 5.02 Å². The maximum absolute atomic E-state index is 14.8. The molecule has 0 amide bonds. The van der Waals surface area contributed by atoms with Crippen molar-refractivity contribution in [1.29, 1.82) is 0 Å². The lowest BCUT2D eigenvalue weighted by molar-refractivity contribution is -0.139. The maximum atomic E-state index is 14.8. The number of ether oxygens (including phenoxy) is 1. The number of halogens is 3. The van der Waals surface area contributed by atoms with E-state index in [1.807, 2.05) is 0 Å². The van der Waals surface area contributed by atoms with Crippen LogP contribution in [-0.4, -0.2) is 17.1 Å². The Balaban J connectivity index is 2.02. The van der Waals surface area contributed by atoms with Gasteiger partial charge in [0.2, 0.25) is 0 Å². The molecule has 1 aliphatic heterocycles. The molecule has 0 N–H and O–H groups in total. The molecule has 0 bridgehead atoms. The first-order valence-electron chi connectivity index (χ1n) is 9.71. The number of allylic oxidation sites excluding steroid dienone is 1. The first-order chi connectivity index (χ1) is 15.3. The minimum absolute atomic E-state index is 0.0585. The Morgan fingerprint density at radius 3 is 2.62 bits per heavy atom. The SMILES string of the molecule is CCOC(=O)C1=C(C)N=c2s/c(=C\c3c(F)cccc3Cl)c(=O)n2[C@@H]1c1ccccc1F. The lowest BCUT2D eigenvalue weighted by atomic mass is 9.95. The van der Waals surface area contributed by atoms with E-state index in [9.17, 15) is 18.4 Å². The molecule has 0 unspecified atom stereocenters. The van der Waals surface area contributed by atoms with Gasteiger partial charge in [-0.2, -0.15) is 0 Å². The molecule has 2 heterocycles. The van der Waals surface area contributed by atoms with Crippen molar-refractivity contribution in [2.75, 3.05) is 6.61 Å². The molecule has 1 aromatic heterocycles. The van der Waals surface area contributed by atoms with E-state index < -0.39 is 29.2 Å². The Kier molecular flexibility index (Phi) is 6.08. The lowest BCUT2D eigenvalue weighted by Gasteiger charge is -2.24. The van der Waals surface area contributed by atoms with E-state index in [0.29, 0.717) is 5.70 Å². The third kappa shape index (κ3) is 3.80. The zero-order chi connectivity index (χ0) is 23.0. The molecule has 164 valence electrons. The highest BCUT2D eigenvalue weighted by atomic mass is 35.5. The second-order valence-corrected chi connectivity index (χ2v) is 8.38. The van der Waals surface area contributed by atoms with Crippen molar-refractivity contribution in [3.05, 3.63) is 101 Å². The molecule has 5 nitrogen and oxygen atoms in total. The van der Waals surface area contributed by atoms with Crippen LogP contribution in [0.3, 0.4) is 0 Å². The summed E-state index contributed by atoms with van der Waals surface area (Å²) in [6.07, 6.45) is 1.34. The Labute approximate surface area is 190 Å². The van der Waals surface area contributed by atoms with Crippen molar-refractivity contribution in [2.24, 2.45) is 4.99 Å². The number of thiazole rings is 1. The second kappa shape index (κ2) is 8.80. The molecule has 0 spiro atoms. The van der Waals surface area contributed by atoms with Crippen LogP contribution in [0, 0.1) is 11.6 Å². The molecule has 32 heavy (non-hydrogen) atoms. The molecule has 0 fully saturated rings. The molecule has 0 saturated heterocycles. The van der Waals surface area contributed by atoms with Crippen LogP contribution in [0.4, 0.5) is 8.78 Å². The summed E-state index contributed by atoms with van der Waals surface area (Å²) in [6, 6.07) is 9.02. The van der Waals surface area contributed by atoms with E-state index in [1.165, 1.54) is 47.0 Å². The molecule has 1 atom stereocenters. The summed E-state index contributed by atoms with van der Waals surface area (Å²) in [7, 11) is 0. The van der Waals surface area contributed by atoms with Crippen LogP contribution in [0.25, 0.3) is 6.08 Å². The Morgan fingerprint density at radius 1 is 1.22 bits per heavy atom. The second-order valence-electron chi connectivity index (χ2n) is 6.96. The highest BCUT2D eigenvalue weighted by Gasteiger charge is 2.34. The fourth-order valence-corrected chi connectivity index (χ4v) is 4.81. The standard InChI is InChI=1S/C23H17ClF2N2O3S/c1-3-31-22(30)19-12(2)27-23-28(20(19)13-7-4-5-9-16(13)25)21(29)18(32-23)11-14-15(24)8-6-10-17(14)26/h4-11,20H,3H2,1-2H3/b18-11-/t20-/m1/s1. The van der Waals surface area contributed by atoms with Gasteiger partial charge in [0.25, 0.3) is 5.56 Å². The minimum Gasteiger partial charge on any atom is -0.463 e. The van der Waals surface area contributed by atoms with Crippen LogP contribution in [0.5, 0.6) is 0 Å². The average molecular weight is 475 g/mol. The molecule has 9 heteroatoms. The zero-order valence-electron chi connectivity index (χ0n) is 17.1. The molecular formula is C23H17ClF2N2O3S. The number of carbonyl (C=O) groups is 1. The zero-order valence-corrected chi connectivity index (χ0v) is 18.6. The molecular weight excluding hydrogens is 458 g/mol. The van der Waals surface area contributed by atoms with Gasteiger partial charge in [-0.05, 0) is 38.1 Å². The van der Waals surface area contributed by atoms with Gasteiger partial charge in [-0.25, -0.2) is 18.6 Å². The molecule has 1 aliphatic rings. The summed E-state index contributed by atoms with van der Waals surface area (Å²) in [5, 5.41) is 0.143. The van der Waals surface area contributed by atoms with Gasteiger partial charge >= 0.3 is 5.97 Å². The van der Waals surface area contributed by atoms with E-state index in [0.717, 1.165) is 11.3 Å². The third-order valence-electron chi connectivity index (χ3n) is 4.99. The fraction of sp³-hybridized carbons (Fsp3) is 0.174. The van der Waals surface area contributed by atoms with Crippen LogP contribution in [0.1, 0.15) is 31.0 Å². The molecule has 2 aromatic carbocycles. The number of rotatable bonds is 4. The number of aromatic nitrogens is 1. The van der Waals surface area contributed by atoms with Gasteiger partial charge in [-0.3, -0.25) is 9.36 Å². The highest BCUT2D eigenvalue weighted by molar-refractivity contribution is 7.07. The van der Waals surface area contributed by atoms with Crippen LogP contribution in [-0.2, 0) is 9.53 Å². The minimum atomic E-state index is -1.08. The number of nitrogens with zero attached hydrogens (tertiary/aromatic N) is 2. The molecule has 0 saturated carbocycles. The van der Waals surface area contributed by atoms with Gasteiger partial charge in [0.15, 0.2) is 4.80 Å². The average Bonchev–Trinajstić information content (AvgIpc) is 3.05.